The molecule has 0 spiro atoms. The summed E-state index contributed by atoms with van der Waals surface area (Å²) in [4.78, 5) is 92.7. The summed E-state index contributed by atoms with van der Waals surface area (Å²) in [6, 6.07) is 15.3. The zero-order valence-electron chi connectivity index (χ0n) is 47.1. The first-order chi connectivity index (χ1) is 38.4. The number of nitrogens with zero attached hydrogens (tertiary/aromatic N) is 4. The number of aromatic amines is 1. The van der Waals surface area contributed by atoms with E-state index in [1.165, 1.54) is 29.2 Å². The molecule has 6 N–H and O–H groups in total. The molecule has 2 aliphatic rings. The summed E-state index contributed by atoms with van der Waals surface area (Å²) in [7, 11) is 1.99. The van der Waals surface area contributed by atoms with E-state index in [1.54, 1.807) is 29.0 Å². The van der Waals surface area contributed by atoms with Gasteiger partial charge in [-0.2, -0.15) is 13.2 Å². The lowest BCUT2D eigenvalue weighted by Crippen LogP contribution is -2.57. The second-order valence-electron chi connectivity index (χ2n) is 22.5. The van der Waals surface area contributed by atoms with Gasteiger partial charge in [-0.15, -0.1) is 11.3 Å². The lowest BCUT2D eigenvalue weighted by molar-refractivity contribution is -0.144. The summed E-state index contributed by atoms with van der Waals surface area (Å²) in [5, 5.41) is 22.0. The van der Waals surface area contributed by atoms with E-state index in [2.05, 4.69) is 36.1 Å². The molecule has 0 saturated carbocycles. The zero-order valence-corrected chi connectivity index (χ0v) is 47.9. The number of hydrogen-bond donors (Lipinski definition) is 6. The van der Waals surface area contributed by atoms with Crippen molar-refractivity contribution < 1.29 is 46.6 Å². The smallest absolute Gasteiger partial charge is 0.391 e. The Labute approximate surface area is 474 Å². The number of aromatic nitrogens is 2. The van der Waals surface area contributed by atoms with E-state index in [4.69, 9.17) is 0 Å². The molecule has 4 heterocycles. The molecule has 81 heavy (non-hydrogen) atoms. The van der Waals surface area contributed by atoms with Crippen LogP contribution >= 0.6 is 11.3 Å². The number of pyridine rings is 1. The summed E-state index contributed by atoms with van der Waals surface area (Å²) < 4.78 is 57.6. The van der Waals surface area contributed by atoms with E-state index in [-0.39, 0.29) is 72.2 Å². The van der Waals surface area contributed by atoms with Gasteiger partial charge in [0.05, 0.1) is 44.7 Å². The van der Waals surface area contributed by atoms with Crippen LogP contribution in [0.5, 0.6) is 0 Å². The molecule has 16 nitrogen and oxygen atoms in total. The summed E-state index contributed by atoms with van der Waals surface area (Å²) in [5.74, 6) is -3.23. The van der Waals surface area contributed by atoms with Crippen LogP contribution in [-0.2, 0) is 27.1 Å². The van der Waals surface area contributed by atoms with Gasteiger partial charge < -0.3 is 41.2 Å². The average molecular weight is 1140 g/mol. The van der Waals surface area contributed by atoms with Crippen molar-refractivity contribution in [1.29, 1.82) is 0 Å². The average Bonchev–Trinajstić information content (AvgIpc) is 4.08. The number of amides is 5. The third kappa shape index (κ3) is 16.2. The van der Waals surface area contributed by atoms with Crippen LogP contribution in [0.1, 0.15) is 136 Å². The monoisotopic (exact) mass is 1140 g/mol. The first-order valence-electron chi connectivity index (χ1n) is 27.7. The molecule has 5 amide bonds. The van der Waals surface area contributed by atoms with E-state index in [9.17, 15) is 47.0 Å². The number of rotatable bonds is 22. The Balaban J connectivity index is 0.837. The molecule has 3 aromatic carbocycles. The predicted octanol–water partition coefficient (Wildman–Crippen LogP) is 9.46. The van der Waals surface area contributed by atoms with Gasteiger partial charge in [0.1, 0.15) is 17.9 Å². The molecule has 436 valence electrons. The van der Waals surface area contributed by atoms with Gasteiger partial charge in [-0.3, -0.25) is 33.7 Å². The maximum Gasteiger partial charge on any atom is 0.417 e. The standard InChI is InChI=1S/C60H75F4N9O7S/c1-36-32-72(33-37(2)71(36)7)49-24-22-41(27-48(49)69-56(78)45-31-66-52(76)29-46(45)60(62,63)64)44-26-42(21-23-47(44)61)55(77)65-25-15-13-11-9-8-10-12-14-16-51(75)70-54(59(4,5)6)58(80)73-34-43(74)28-50(73)57(79)67-30-39-17-19-40(20-18-39)53-38(3)68-35-81-53/h17-24,26-27,29,31,35-37,43,50,54,74H,8-16,25,28,30,32-34H2,1-7H3,(H,65,77)(H,66,76)(H,67,79)(H,69,78)(H,70,75)/t36-,37+,43-,50+,54-/m1/s1. The number of piperazine rings is 1. The van der Waals surface area contributed by atoms with Crippen molar-refractivity contribution >= 4 is 52.2 Å². The summed E-state index contributed by atoms with van der Waals surface area (Å²) in [5.41, 5.74) is 1.92. The first-order valence-corrected chi connectivity index (χ1v) is 28.6. The van der Waals surface area contributed by atoms with Gasteiger partial charge in [0, 0.05) is 81.0 Å². The number of H-pyrrole nitrogens is 1. The number of aryl methyl sites for hydroxylation is 1. The van der Waals surface area contributed by atoms with Crippen molar-refractivity contribution in [3.05, 3.63) is 123 Å². The quantitative estimate of drug-likeness (QED) is 0.0286. The number of likely N-dealkylation sites (N-methyl/N-ethyl adjacent to an activating group) is 1. The largest absolute Gasteiger partial charge is 0.417 e. The van der Waals surface area contributed by atoms with Crippen LogP contribution < -0.4 is 31.7 Å². The number of benzene rings is 3. The van der Waals surface area contributed by atoms with Gasteiger partial charge >= 0.3 is 6.18 Å². The molecule has 2 saturated heterocycles. The maximum absolute atomic E-state index is 15.6. The predicted molar refractivity (Wildman–Crippen MR) is 306 cm³/mol. The van der Waals surface area contributed by atoms with E-state index >= 15 is 4.39 Å². The van der Waals surface area contributed by atoms with Crippen LogP contribution in [0.2, 0.25) is 0 Å². The number of nitrogens with one attached hydrogen (secondary N) is 5. The highest BCUT2D eigenvalue weighted by molar-refractivity contribution is 7.13. The van der Waals surface area contributed by atoms with Crippen LogP contribution in [-0.4, -0.2) is 118 Å². The summed E-state index contributed by atoms with van der Waals surface area (Å²) >= 11 is 1.56. The third-order valence-corrected chi connectivity index (χ3v) is 16.3. The number of aliphatic hydroxyl groups excluding tert-OH is 1. The highest BCUT2D eigenvalue weighted by atomic mass is 32.1. The van der Waals surface area contributed by atoms with Crippen LogP contribution in [0.15, 0.2) is 83.2 Å². The minimum Gasteiger partial charge on any atom is -0.391 e. The maximum atomic E-state index is 15.6. The number of aliphatic hydroxyl groups is 1. The molecule has 0 radical (unpaired) electrons. The third-order valence-electron chi connectivity index (χ3n) is 15.3. The lowest BCUT2D eigenvalue weighted by atomic mass is 9.85. The van der Waals surface area contributed by atoms with Crippen molar-refractivity contribution in [3.8, 4) is 21.6 Å². The van der Waals surface area contributed by atoms with Gasteiger partial charge in [0.2, 0.25) is 23.3 Å². The Hall–Kier alpha value is -6.97. The Morgan fingerprint density at radius 1 is 0.827 bits per heavy atom. The number of hydrogen-bond acceptors (Lipinski definition) is 11. The number of thiazole rings is 1. The molecule has 21 heteroatoms. The molecule has 2 fully saturated rings. The molecule has 2 aromatic heterocycles. The fraction of sp³-hybridized carbons (Fsp3) is 0.483. The highest BCUT2D eigenvalue weighted by Crippen LogP contribution is 2.37. The number of carbonyl (C=O) groups is 5. The Morgan fingerprint density at radius 3 is 2.12 bits per heavy atom. The van der Waals surface area contributed by atoms with E-state index in [1.807, 2.05) is 77.8 Å². The topological polar surface area (TPSA) is 209 Å². The van der Waals surface area contributed by atoms with Gasteiger partial charge in [-0.25, -0.2) is 9.37 Å². The molecule has 2 aliphatic heterocycles. The zero-order chi connectivity index (χ0) is 58.8. The minimum atomic E-state index is -4.99. The molecule has 0 unspecified atom stereocenters. The number of carbonyl (C=O) groups excluding carboxylic acids is 5. The van der Waals surface area contributed by atoms with Crippen LogP contribution in [0.25, 0.3) is 21.6 Å². The van der Waals surface area contributed by atoms with Crippen molar-refractivity contribution in [2.75, 3.05) is 43.4 Å². The number of β-amino-alcohol motifs (C(OH)–C–C–N with tert-alkyl or cyclic N) is 1. The Bertz CT molecular complexity index is 3080. The second-order valence-corrected chi connectivity index (χ2v) is 23.4. The molecule has 5 atom stereocenters. The van der Waals surface area contributed by atoms with Gasteiger partial charge in [-0.05, 0) is 93.1 Å². The van der Waals surface area contributed by atoms with Crippen LogP contribution in [0, 0.1) is 18.2 Å². The van der Waals surface area contributed by atoms with Gasteiger partial charge in [0.15, 0.2) is 0 Å². The van der Waals surface area contributed by atoms with Gasteiger partial charge in [0.25, 0.3) is 11.8 Å². The second kappa shape index (κ2) is 27.2. The number of anilines is 2. The molecule has 0 aliphatic carbocycles. The fourth-order valence-electron chi connectivity index (χ4n) is 10.4. The lowest BCUT2D eigenvalue weighted by Gasteiger charge is -2.44. The van der Waals surface area contributed by atoms with Crippen LogP contribution in [0.3, 0.4) is 0 Å². The first kappa shape index (κ1) is 61.6. The number of alkyl halides is 3. The molecular formula is C60H75F4N9O7S. The van der Waals surface area contributed by atoms with Crippen molar-refractivity contribution in [1.82, 2.24) is 35.7 Å². The van der Waals surface area contributed by atoms with Crippen molar-refractivity contribution in [2.45, 2.75) is 149 Å². The molecule has 0 bridgehead atoms. The summed E-state index contributed by atoms with van der Waals surface area (Å²) in [6.07, 6.45) is 1.95. The van der Waals surface area contributed by atoms with E-state index in [0.29, 0.717) is 44.2 Å². The van der Waals surface area contributed by atoms with Gasteiger partial charge in [-0.1, -0.05) is 89.6 Å². The number of halogens is 4. The Kier molecular flexibility index (Phi) is 20.7. The Morgan fingerprint density at radius 2 is 1.48 bits per heavy atom. The van der Waals surface area contributed by atoms with E-state index < -0.39 is 70.0 Å². The molecule has 7 rings (SSSR count). The van der Waals surface area contributed by atoms with Crippen molar-refractivity contribution in [3.63, 3.8) is 0 Å². The van der Waals surface area contributed by atoms with Crippen LogP contribution in [0.4, 0.5) is 28.9 Å². The van der Waals surface area contributed by atoms with Crippen molar-refractivity contribution in [2.24, 2.45) is 5.41 Å². The summed E-state index contributed by atoms with van der Waals surface area (Å²) in [6.45, 7) is 13.3. The fourth-order valence-corrected chi connectivity index (χ4v) is 11.3. The van der Waals surface area contributed by atoms with E-state index in [0.717, 1.165) is 66.4 Å². The SMILES string of the molecule is Cc1ncsc1-c1ccc(CNC(=O)[C@@H]2C[C@@H](O)CN2C(=O)[C@@H](NC(=O)CCCCCCCCCCNC(=O)c2ccc(F)c(-c3ccc(N4C[C@@H](C)N(C)[C@@H](C)C4)c(NC(=O)c4c[nH]c(=O)cc4C(F)(F)F)c3)c2)C(C)(C)C)cc1. The normalized spacial score (nSPS) is 18.1. The minimum absolute atomic E-state index is 0.0105. The number of unbranched alkanes of at least 4 members (excludes halogenated alkanes) is 7. The molecular weight excluding hydrogens is 1070 g/mol. The molecule has 5 aromatic rings. The number of likely N-dealkylation sites (tertiary alicyclic amines) is 1. The highest BCUT2D eigenvalue weighted by Gasteiger charge is 2.44.